The van der Waals surface area contributed by atoms with Gasteiger partial charge in [-0.05, 0) is 19.1 Å². The van der Waals surface area contributed by atoms with E-state index in [1.165, 1.54) is 12.1 Å². The van der Waals surface area contributed by atoms with Gasteiger partial charge in [-0.3, -0.25) is 15.1 Å². The van der Waals surface area contributed by atoms with Gasteiger partial charge in [0.25, 0.3) is 5.69 Å². The Kier molecular flexibility index (Phi) is 9.27. The van der Waals surface area contributed by atoms with E-state index in [4.69, 9.17) is 0 Å². The highest BCUT2D eigenvalue weighted by molar-refractivity contribution is 14.0. The number of aromatic nitrogens is 1. The smallest absolute Gasteiger partial charge is 0.269 e. The number of non-ortho nitro benzene ring substituents is 1. The molecule has 0 saturated heterocycles. The monoisotopic (exact) mass is 490 g/mol. The topological polar surface area (TPSA) is 95.7 Å². The highest BCUT2D eigenvalue weighted by Crippen LogP contribution is 2.15. The van der Waals surface area contributed by atoms with Crippen LogP contribution in [0.2, 0.25) is 0 Å². The maximum atomic E-state index is 10.6. The molecule has 0 spiro atoms. The Balaban J connectivity index is 0.00000338. The standard InChI is InChI=1S/C16H22N6O2S.HI/c1-12-20-14(11-25-12)10-21(3)16(17-2)19-9-8-18-13-4-6-15(7-5-13)22(23)24;/h4-7,11,18H,8-10H2,1-3H3,(H,17,19);1H. The first-order chi connectivity index (χ1) is 12.0. The van der Waals surface area contributed by atoms with E-state index in [1.807, 2.05) is 18.9 Å². The molecular formula is C16H23IN6O2S. The number of rotatable bonds is 7. The molecule has 1 aromatic carbocycles. The fourth-order valence-electron chi connectivity index (χ4n) is 2.27. The maximum absolute atomic E-state index is 10.6. The second-order valence-corrected chi connectivity index (χ2v) is 6.48. The molecule has 2 rings (SSSR count). The number of thiazole rings is 1. The zero-order valence-electron chi connectivity index (χ0n) is 14.9. The molecule has 0 aliphatic heterocycles. The summed E-state index contributed by atoms with van der Waals surface area (Å²) in [6.07, 6.45) is 0. The van der Waals surface area contributed by atoms with Crippen molar-refractivity contribution in [3.63, 3.8) is 0 Å². The molecule has 0 radical (unpaired) electrons. The van der Waals surface area contributed by atoms with Gasteiger partial charge in [-0.1, -0.05) is 0 Å². The molecule has 8 nitrogen and oxygen atoms in total. The molecular weight excluding hydrogens is 467 g/mol. The fraction of sp³-hybridized carbons (Fsp3) is 0.375. The number of hydrogen-bond donors (Lipinski definition) is 2. The molecule has 2 aromatic rings. The summed E-state index contributed by atoms with van der Waals surface area (Å²) < 4.78 is 0. The van der Waals surface area contributed by atoms with E-state index in [0.29, 0.717) is 19.6 Å². The third kappa shape index (κ3) is 6.75. The van der Waals surface area contributed by atoms with E-state index in [1.54, 1.807) is 30.5 Å². The Labute approximate surface area is 173 Å². The minimum absolute atomic E-state index is 0. The van der Waals surface area contributed by atoms with Crippen molar-refractivity contribution in [2.75, 3.05) is 32.5 Å². The summed E-state index contributed by atoms with van der Waals surface area (Å²) in [6, 6.07) is 6.37. The minimum atomic E-state index is -0.408. The summed E-state index contributed by atoms with van der Waals surface area (Å²) in [7, 11) is 3.71. The normalized spacial score (nSPS) is 10.8. The average Bonchev–Trinajstić information content (AvgIpc) is 3.00. The second-order valence-electron chi connectivity index (χ2n) is 5.42. The number of guanidine groups is 1. The molecule has 2 N–H and O–H groups in total. The first-order valence-electron chi connectivity index (χ1n) is 7.80. The summed E-state index contributed by atoms with van der Waals surface area (Å²) >= 11 is 1.64. The lowest BCUT2D eigenvalue weighted by Crippen LogP contribution is -2.40. The predicted octanol–water partition coefficient (Wildman–Crippen LogP) is 3.10. The average molecular weight is 490 g/mol. The lowest BCUT2D eigenvalue weighted by Gasteiger charge is -2.21. The van der Waals surface area contributed by atoms with Gasteiger partial charge in [-0.15, -0.1) is 35.3 Å². The van der Waals surface area contributed by atoms with Crippen molar-refractivity contribution >= 4 is 52.6 Å². The molecule has 0 bridgehead atoms. The summed E-state index contributed by atoms with van der Waals surface area (Å²) in [4.78, 5) is 21.0. The summed E-state index contributed by atoms with van der Waals surface area (Å²) in [5.41, 5.74) is 1.95. The van der Waals surface area contributed by atoms with E-state index in [9.17, 15) is 10.1 Å². The molecule has 1 aromatic heterocycles. The van der Waals surface area contributed by atoms with Crippen molar-refractivity contribution in [1.82, 2.24) is 15.2 Å². The van der Waals surface area contributed by atoms with Gasteiger partial charge in [0, 0.05) is 50.4 Å². The SMILES string of the molecule is CN=C(NCCNc1ccc([N+](=O)[O-])cc1)N(C)Cc1csc(C)n1.I. The van der Waals surface area contributed by atoms with E-state index in [0.717, 1.165) is 22.3 Å². The third-order valence-corrected chi connectivity index (χ3v) is 4.28. The lowest BCUT2D eigenvalue weighted by molar-refractivity contribution is -0.384. The number of halogens is 1. The van der Waals surface area contributed by atoms with E-state index in [2.05, 4.69) is 26.0 Å². The highest BCUT2D eigenvalue weighted by atomic mass is 127. The van der Waals surface area contributed by atoms with Crippen LogP contribution in [-0.2, 0) is 6.54 Å². The Morgan fingerprint density at radius 1 is 1.35 bits per heavy atom. The number of nitrogens with zero attached hydrogens (tertiary/aromatic N) is 4. The van der Waals surface area contributed by atoms with Crippen LogP contribution in [0.4, 0.5) is 11.4 Å². The van der Waals surface area contributed by atoms with Crippen LogP contribution in [0.25, 0.3) is 0 Å². The molecule has 0 unspecified atom stereocenters. The molecule has 1 heterocycles. The van der Waals surface area contributed by atoms with Gasteiger partial charge in [-0.25, -0.2) is 4.98 Å². The van der Waals surface area contributed by atoms with Crippen molar-refractivity contribution < 1.29 is 4.92 Å². The van der Waals surface area contributed by atoms with Gasteiger partial charge in [0.05, 0.1) is 22.2 Å². The van der Waals surface area contributed by atoms with E-state index in [-0.39, 0.29) is 29.7 Å². The van der Waals surface area contributed by atoms with Gasteiger partial charge in [0.1, 0.15) is 0 Å². The van der Waals surface area contributed by atoms with E-state index >= 15 is 0 Å². The van der Waals surface area contributed by atoms with Crippen LogP contribution in [0.5, 0.6) is 0 Å². The molecule has 142 valence electrons. The number of nitro benzene ring substituents is 1. The van der Waals surface area contributed by atoms with Crippen LogP contribution in [-0.4, -0.2) is 48.0 Å². The summed E-state index contributed by atoms with van der Waals surface area (Å²) in [5.74, 6) is 0.788. The first kappa shape index (κ1) is 22.1. The molecule has 26 heavy (non-hydrogen) atoms. The molecule has 10 heteroatoms. The summed E-state index contributed by atoms with van der Waals surface area (Å²) in [6.45, 7) is 4.02. The Bertz CT molecular complexity index is 735. The Hall–Kier alpha value is -1.95. The first-order valence-corrected chi connectivity index (χ1v) is 8.68. The molecule has 0 aliphatic carbocycles. The van der Waals surface area contributed by atoms with Crippen LogP contribution in [0.1, 0.15) is 10.7 Å². The number of aryl methyl sites for hydroxylation is 1. The fourth-order valence-corrected chi connectivity index (χ4v) is 2.87. The van der Waals surface area contributed by atoms with Gasteiger partial charge in [0.2, 0.25) is 0 Å². The zero-order valence-corrected chi connectivity index (χ0v) is 18.1. The van der Waals surface area contributed by atoms with Crippen molar-refractivity contribution in [2.24, 2.45) is 4.99 Å². The lowest BCUT2D eigenvalue weighted by atomic mass is 10.3. The number of anilines is 1. The van der Waals surface area contributed by atoms with Crippen molar-refractivity contribution in [3.8, 4) is 0 Å². The van der Waals surface area contributed by atoms with Gasteiger partial charge in [0.15, 0.2) is 5.96 Å². The highest BCUT2D eigenvalue weighted by Gasteiger charge is 2.08. The van der Waals surface area contributed by atoms with Crippen molar-refractivity contribution in [1.29, 1.82) is 0 Å². The van der Waals surface area contributed by atoms with Gasteiger partial charge < -0.3 is 15.5 Å². The van der Waals surface area contributed by atoms with Crippen molar-refractivity contribution in [3.05, 3.63) is 50.5 Å². The van der Waals surface area contributed by atoms with Crippen LogP contribution in [0, 0.1) is 17.0 Å². The van der Waals surface area contributed by atoms with Crippen LogP contribution < -0.4 is 10.6 Å². The predicted molar refractivity (Wildman–Crippen MR) is 117 cm³/mol. The van der Waals surface area contributed by atoms with Crippen LogP contribution >= 0.6 is 35.3 Å². The third-order valence-electron chi connectivity index (χ3n) is 3.45. The number of nitrogens with one attached hydrogen (secondary N) is 2. The number of benzene rings is 1. The Morgan fingerprint density at radius 3 is 2.58 bits per heavy atom. The van der Waals surface area contributed by atoms with Gasteiger partial charge >= 0.3 is 0 Å². The molecule has 0 fully saturated rings. The van der Waals surface area contributed by atoms with Gasteiger partial charge in [-0.2, -0.15) is 0 Å². The number of nitro groups is 1. The quantitative estimate of drug-likeness (QED) is 0.155. The second kappa shape index (κ2) is 10.9. The van der Waals surface area contributed by atoms with Crippen LogP contribution in [0.15, 0.2) is 34.6 Å². The largest absolute Gasteiger partial charge is 0.383 e. The van der Waals surface area contributed by atoms with E-state index < -0.39 is 4.92 Å². The molecule has 0 saturated carbocycles. The maximum Gasteiger partial charge on any atom is 0.269 e. The Morgan fingerprint density at radius 2 is 2.04 bits per heavy atom. The van der Waals surface area contributed by atoms with Crippen molar-refractivity contribution in [2.45, 2.75) is 13.5 Å². The molecule has 0 amide bonds. The molecule has 0 aliphatic rings. The summed E-state index contributed by atoms with van der Waals surface area (Å²) in [5, 5.41) is 20.2. The zero-order chi connectivity index (χ0) is 18.2. The van der Waals surface area contributed by atoms with Crippen LogP contribution in [0.3, 0.4) is 0 Å². The minimum Gasteiger partial charge on any atom is -0.383 e. The number of hydrogen-bond acceptors (Lipinski definition) is 6. The number of aliphatic imine (C=N–C) groups is 1. The molecule has 0 atom stereocenters.